The lowest BCUT2D eigenvalue weighted by molar-refractivity contribution is -0.144. The third-order valence-corrected chi connectivity index (χ3v) is 12.4. The molecule has 1 heterocycles. The van der Waals surface area contributed by atoms with Gasteiger partial charge in [-0.3, -0.25) is 19.2 Å². The van der Waals surface area contributed by atoms with E-state index in [2.05, 4.69) is 16.0 Å². The minimum atomic E-state index is -3.44. The number of carbonyl (C=O) groups excluding carboxylic acids is 5. The van der Waals surface area contributed by atoms with Crippen LogP contribution < -0.4 is 21.7 Å². The van der Waals surface area contributed by atoms with Gasteiger partial charge in [0, 0.05) is 12.6 Å². The number of nitrogens with two attached hydrogens (primary N) is 1. The van der Waals surface area contributed by atoms with Crippen molar-refractivity contribution in [2.75, 3.05) is 12.3 Å². The summed E-state index contributed by atoms with van der Waals surface area (Å²) in [6, 6.07) is -4.16. The molecule has 3 rings (SSSR count). The van der Waals surface area contributed by atoms with Gasteiger partial charge in [0.05, 0.1) is 17.0 Å². The van der Waals surface area contributed by atoms with Crippen LogP contribution >= 0.6 is 0 Å². The first-order valence-corrected chi connectivity index (χ1v) is 18.8. The second kappa shape index (κ2) is 15.5. The Kier molecular flexibility index (Phi) is 12.7. The molecule has 46 heavy (non-hydrogen) atoms. The summed E-state index contributed by atoms with van der Waals surface area (Å²) in [5, 5.41) is 7.92. The van der Waals surface area contributed by atoms with Crippen LogP contribution in [0.4, 0.5) is 4.79 Å². The normalized spacial score (nSPS) is 23.1. The first-order chi connectivity index (χ1) is 21.3. The molecule has 13 heteroatoms. The smallest absolute Gasteiger partial charge is 0.315 e. The number of nitrogens with one attached hydrogen (secondary N) is 3. The maximum Gasteiger partial charge on any atom is 0.315 e. The minimum Gasteiger partial charge on any atom is -0.363 e. The number of hydrogen-bond donors (Lipinski definition) is 4. The molecule has 2 saturated carbocycles. The Morgan fingerprint density at radius 2 is 1.48 bits per heavy atom. The fraction of sp³-hybridized carbons (Fsp3) is 0.848. The number of carbonyl (C=O) groups is 5. The third-order valence-electron chi connectivity index (χ3n) is 10.1. The molecule has 5 amide bonds. The predicted molar refractivity (Wildman–Crippen MR) is 176 cm³/mol. The van der Waals surface area contributed by atoms with Crippen molar-refractivity contribution in [2.45, 2.75) is 136 Å². The van der Waals surface area contributed by atoms with Crippen molar-refractivity contribution in [1.29, 1.82) is 0 Å². The molecule has 5 atom stereocenters. The molecule has 5 N–H and O–H groups in total. The first kappa shape index (κ1) is 37.8. The molecule has 0 aromatic heterocycles. The number of likely N-dealkylation sites (tertiary alicyclic amines) is 1. The summed E-state index contributed by atoms with van der Waals surface area (Å²) in [4.78, 5) is 68.0. The Bertz CT molecular complexity index is 1240. The zero-order valence-corrected chi connectivity index (χ0v) is 29.6. The van der Waals surface area contributed by atoms with E-state index in [1.807, 2.05) is 34.6 Å². The summed E-state index contributed by atoms with van der Waals surface area (Å²) in [7, 11) is -3.44. The summed E-state index contributed by atoms with van der Waals surface area (Å²) in [6.45, 7) is 13.2. The summed E-state index contributed by atoms with van der Waals surface area (Å²) < 4.78 is 25.4. The van der Waals surface area contributed by atoms with Gasteiger partial charge in [0.1, 0.15) is 12.1 Å². The highest BCUT2D eigenvalue weighted by Gasteiger charge is 2.50. The van der Waals surface area contributed by atoms with E-state index in [1.165, 1.54) is 4.90 Å². The Morgan fingerprint density at radius 3 is 1.98 bits per heavy atom. The number of primary amides is 1. The van der Waals surface area contributed by atoms with Gasteiger partial charge in [-0.1, -0.05) is 66.7 Å². The summed E-state index contributed by atoms with van der Waals surface area (Å²) in [6.07, 6.45) is 7.01. The number of ketones is 1. The first-order valence-electron chi connectivity index (χ1n) is 17.1. The topological polar surface area (TPSA) is 185 Å². The molecule has 0 aromatic rings. The Morgan fingerprint density at radius 1 is 0.870 bits per heavy atom. The second-order valence-corrected chi connectivity index (χ2v) is 18.0. The van der Waals surface area contributed by atoms with Crippen molar-refractivity contribution in [3.63, 3.8) is 0 Å². The van der Waals surface area contributed by atoms with Gasteiger partial charge in [0.2, 0.25) is 17.6 Å². The van der Waals surface area contributed by atoms with Crippen LogP contribution in [0.5, 0.6) is 0 Å². The maximum atomic E-state index is 14.5. The molecule has 2 aliphatic carbocycles. The van der Waals surface area contributed by atoms with Gasteiger partial charge < -0.3 is 26.6 Å². The highest BCUT2D eigenvalue weighted by molar-refractivity contribution is 7.92. The van der Waals surface area contributed by atoms with Crippen LogP contribution in [-0.2, 0) is 29.0 Å². The molecule has 0 spiro atoms. The molecule has 0 radical (unpaired) electrons. The SMILES string of the molecule is CC(C)[C@@H](CS(=O)(=O)C(C)C)NC(=O)N[C@H](C(=O)N1CCC(C(C)(C)C)C1C(=O)NC(CC1CC1)C(=O)C(N)=O)C1CCCCC1. The van der Waals surface area contributed by atoms with Crippen molar-refractivity contribution in [1.82, 2.24) is 20.9 Å². The van der Waals surface area contributed by atoms with Gasteiger partial charge >= 0.3 is 6.03 Å². The highest BCUT2D eigenvalue weighted by atomic mass is 32.2. The zero-order valence-electron chi connectivity index (χ0n) is 28.8. The fourth-order valence-electron chi connectivity index (χ4n) is 6.84. The van der Waals surface area contributed by atoms with Gasteiger partial charge in [-0.15, -0.1) is 0 Å². The molecule has 262 valence electrons. The fourth-order valence-corrected chi connectivity index (χ4v) is 8.19. The van der Waals surface area contributed by atoms with Crippen molar-refractivity contribution in [2.24, 2.45) is 34.8 Å². The van der Waals surface area contributed by atoms with Gasteiger partial charge in [-0.25, -0.2) is 13.2 Å². The van der Waals surface area contributed by atoms with Gasteiger partial charge in [0.15, 0.2) is 9.84 Å². The van der Waals surface area contributed by atoms with E-state index in [0.29, 0.717) is 19.4 Å². The van der Waals surface area contributed by atoms with Gasteiger partial charge in [-0.2, -0.15) is 0 Å². The van der Waals surface area contributed by atoms with Gasteiger partial charge in [-0.05, 0) is 68.6 Å². The minimum absolute atomic E-state index is 0.152. The van der Waals surface area contributed by atoms with Crippen LogP contribution in [-0.4, -0.2) is 84.6 Å². The van der Waals surface area contributed by atoms with E-state index < -0.39 is 62.9 Å². The third kappa shape index (κ3) is 9.90. The number of rotatable bonds is 14. The van der Waals surface area contributed by atoms with E-state index >= 15 is 0 Å². The van der Waals surface area contributed by atoms with Crippen LogP contribution in [0, 0.1) is 29.1 Å². The van der Waals surface area contributed by atoms with Gasteiger partial charge in [0.25, 0.3) is 5.91 Å². The summed E-state index contributed by atoms with van der Waals surface area (Å²) in [5.74, 6) is -3.38. The van der Waals surface area contributed by atoms with Crippen LogP contribution in [0.1, 0.15) is 106 Å². The van der Waals surface area contributed by atoms with Crippen molar-refractivity contribution in [3.05, 3.63) is 0 Å². The molecule has 1 saturated heterocycles. The lowest BCUT2D eigenvalue weighted by atomic mass is 9.75. The Labute approximate surface area is 275 Å². The van der Waals surface area contributed by atoms with Crippen LogP contribution in [0.25, 0.3) is 0 Å². The van der Waals surface area contributed by atoms with E-state index in [0.717, 1.165) is 44.9 Å². The predicted octanol–water partition coefficient (Wildman–Crippen LogP) is 2.68. The largest absolute Gasteiger partial charge is 0.363 e. The lowest BCUT2D eigenvalue weighted by Crippen LogP contribution is -2.61. The average molecular weight is 668 g/mol. The van der Waals surface area contributed by atoms with Crippen LogP contribution in [0.15, 0.2) is 0 Å². The molecule has 3 unspecified atom stereocenters. The van der Waals surface area contributed by atoms with Crippen LogP contribution in [0.3, 0.4) is 0 Å². The molecular formula is C33H57N5O7S. The summed E-state index contributed by atoms with van der Waals surface area (Å²) in [5.41, 5.74) is 4.95. The maximum absolute atomic E-state index is 14.5. The van der Waals surface area contributed by atoms with Crippen molar-refractivity contribution in [3.8, 4) is 0 Å². The summed E-state index contributed by atoms with van der Waals surface area (Å²) >= 11 is 0. The average Bonchev–Trinajstić information content (AvgIpc) is 3.66. The Hall–Kier alpha value is -2.70. The number of amides is 5. The lowest BCUT2D eigenvalue weighted by Gasteiger charge is -2.38. The molecule has 0 bridgehead atoms. The van der Waals surface area contributed by atoms with Crippen LogP contribution in [0.2, 0.25) is 0 Å². The van der Waals surface area contributed by atoms with E-state index in [9.17, 15) is 32.4 Å². The van der Waals surface area contributed by atoms with Crippen molar-refractivity contribution < 1.29 is 32.4 Å². The monoisotopic (exact) mass is 667 g/mol. The van der Waals surface area contributed by atoms with E-state index in [1.54, 1.807) is 13.8 Å². The molecule has 3 fully saturated rings. The standard InChI is InChI=1S/C33H57N5O7S/c1-19(2)25(18-46(44,45)20(3)4)36-32(43)37-26(22-11-9-8-10-12-22)31(42)38-16-15-23(33(5,6)7)27(38)30(41)35-24(17-21-13-14-21)28(39)29(34)40/h19-27H,8-18H2,1-7H3,(H2,34,40)(H,35,41)(H2,36,37,43)/t23?,24?,25-,26+,27?/m1/s1. The molecular weight excluding hydrogens is 610 g/mol. The number of Topliss-reactive ketones (excluding diaryl/α,β-unsaturated/α-hetero) is 1. The number of sulfone groups is 1. The molecule has 3 aliphatic rings. The number of hydrogen-bond acceptors (Lipinski definition) is 7. The zero-order chi connectivity index (χ0) is 34.6. The highest BCUT2D eigenvalue weighted by Crippen LogP contribution is 2.40. The second-order valence-electron chi connectivity index (χ2n) is 15.4. The number of urea groups is 1. The number of nitrogens with zero attached hydrogens (tertiary/aromatic N) is 1. The van der Waals surface area contributed by atoms with E-state index in [4.69, 9.17) is 5.73 Å². The molecule has 1 aliphatic heterocycles. The molecule has 0 aromatic carbocycles. The van der Waals surface area contributed by atoms with E-state index in [-0.39, 0.29) is 40.7 Å². The molecule has 12 nitrogen and oxygen atoms in total. The quantitative estimate of drug-likeness (QED) is 0.205. The Balaban J connectivity index is 1.89. The van der Waals surface area contributed by atoms with Crippen molar-refractivity contribution >= 4 is 39.4 Å².